The van der Waals surface area contributed by atoms with Crippen molar-refractivity contribution in [1.82, 2.24) is 10.2 Å². The van der Waals surface area contributed by atoms with Gasteiger partial charge in [-0.05, 0) is 38.0 Å². The minimum Gasteiger partial charge on any atom is -0.396 e. The fourth-order valence-electron chi connectivity index (χ4n) is 5.53. The Kier molecular flexibility index (Phi) is 3.81. The number of rotatable bonds is 2. The number of hydrogen-bond acceptors (Lipinski definition) is 3. The Morgan fingerprint density at radius 1 is 1.27 bits per heavy atom. The normalized spacial score (nSPS) is 39.6. The topological polar surface area (TPSA) is 61.8 Å². The van der Waals surface area contributed by atoms with E-state index in [1.807, 2.05) is 4.90 Å². The fraction of sp³-hybridized carbons (Fsp3) is 0.941. The molecular formula is C17H28N2O3. The third-order valence-corrected chi connectivity index (χ3v) is 6.63. The van der Waals surface area contributed by atoms with Crippen LogP contribution < -0.4 is 5.32 Å². The summed E-state index contributed by atoms with van der Waals surface area (Å²) >= 11 is 0. The molecule has 5 nitrogen and oxygen atoms in total. The maximum Gasteiger partial charge on any atom is 0.317 e. The zero-order valence-corrected chi connectivity index (χ0v) is 13.3. The van der Waals surface area contributed by atoms with Crippen molar-refractivity contribution in [3.8, 4) is 0 Å². The number of urea groups is 1. The van der Waals surface area contributed by atoms with E-state index < -0.39 is 0 Å². The molecule has 4 aliphatic rings. The number of hydrogen-bond donors (Lipinski definition) is 2. The highest BCUT2D eigenvalue weighted by molar-refractivity contribution is 5.75. The number of carbonyl (C=O) groups excluding carboxylic acids is 1. The number of piperidine rings is 1. The van der Waals surface area contributed by atoms with Gasteiger partial charge in [-0.2, -0.15) is 0 Å². The molecule has 2 heterocycles. The van der Waals surface area contributed by atoms with Gasteiger partial charge in [-0.15, -0.1) is 0 Å². The standard InChI is InChI=1S/C17H28N2O3/c20-11-12-4-3-8-19(10-12)16(21)18-14-13-5-9-22-15(13)17(14)6-1-2-7-17/h12-15,20H,1-11H2,(H,18,21). The number of nitrogens with zero attached hydrogens (tertiary/aromatic N) is 1. The van der Waals surface area contributed by atoms with Crippen molar-refractivity contribution in [3.05, 3.63) is 0 Å². The van der Waals surface area contributed by atoms with Crippen LogP contribution in [0.15, 0.2) is 0 Å². The first-order valence-corrected chi connectivity index (χ1v) is 9.02. The Bertz CT molecular complexity index is 436. The Morgan fingerprint density at radius 3 is 2.86 bits per heavy atom. The van der Waals surface area contributed by atoms with Crippen molar-refractivity contribution in [3.63, 3.8) is 0 Å². The lowest BCUT2D eigenvalue weighted by Gasteiger charge is -2.57. The van der Waals surface area contributed by atoms with Crippen LogP contribution in [0.1, 0.15) is 44.9 Å². The van der Waals surface area contributed by atoms with E-state index in [1.165, 1.54) is 25.7 Å². The van der Waals surface area contributed by atoms with Gasteiger partial charge in [0.15, 0.2) is 0 Å². The summed E-state index contributed by atoms with van der Waals surface area (Å²) in [5, 5.41) is 12.7. The first kappa shape index (κ1) is 14.8. The van der Waals surface area contributed by atoms with Gasteiger partial charge in [-0.1, -0.05) is 12.8 Å². The minimum atomic E-state index is 0.0831. The van der Waals surface area contributed by atoms with Crippen LogP contribution in [-0.4, -0.2) is 54.5 Å². The van der Waals surface area contributed by atoms with Gasteiger partial charge in [-0.3, -0.25) is 0 Å². The van der Waals surface area contributed by atoms with Crippen LogP contribution >= 0.6 is 0 Å². The van der Waals surface area contributed by atoms with Gasteiger partial charge in [-0.25, -0.2) is 4.79 Å². The Balaban J connectivity index is 1.42. The molecule has 0 radical (unpaired) electrons. The van der Waals surface area contributed by atoms with Crippen molar-refractivity contribution in [2.45, 2.75) is 57.1 Å². The Morgan fingerprint density at radius 2 is 2.09 bits per heavy atom. The third-order valence-electron chi connectivity index (χ3n) is 6.63. The summed E-state index contributed by atoms with van der Waals surface area (Å²) in [4.78, 5) is 14.6. The van der Waals surface area contributed by atoms with Gasteiger partial charge in [0.2, 0.25) is 0 Å². The lowest BCUT2D eigenvalue weighted by Crippen LogP contribution is -2.69. The number of nitrogens with one attached hydrogen (secondary N) is 1. The molecule has 4 atom stereocenters. The van der Waals surface area contributed by atoms with Crippen LogP contribution in [0.2, 0.25) is 0 Å². The molecule has 124 valence electrons. The number of aliphatic hydroxyl groups is 1. The molecule has 2 aliphatic carbocycles. The lowest BCUT2D eigenvalue weighted by molar-refractivity contribution is -0.127. The molecule has 4 fully saturated rings. The maximum atomic E-state index is 12.7. The van der Waals surface area contributed by atoms with E-state index in [0.717, 1.165) is 32.4 Å². The molecule has 2 saturated heterocycles. The van der Waals surface area contributed by atoms with Crippen LogP contribution in [0.5, 0.6) is 0 Å². The van der Waals surface area contributed by atoms with Crippen LogP contribution in [-0.2, 0) is 4.74 Å². The van der Waals surface area contributed by atoms with Crippen molar-refractivity contribution in [1.29, 1.82) is 0 Å². The molecule has 0 aromatic carbocycles. The van der Waals surface area contributed by atoms with Crippen LogP contribution in [0.25, 0.3) is 0 Å². The highest BCUT2D eigenvalue weighted by atomic mass is 16.5. The average molecular weight is 308 g/mol. The van der Waals surface area contributed by atoms with E-state index in [2.05, 4.69) is 5.32 Å². The highest BCUT2D eigenvalue weighted by Gasteiger charge is 2.65. The predicted octanol–water partition coefficient (Wildman–Crippen LogP) is 1.75. The van der Waals surface area contributed by atoms with E-state index in [-0.39, 0.29) is 24.0 Å². The quantitative estimate of drug-likeness (QED) is 0.817. The summed E-state index contributed by atoms with van der Waals surface area (Å²) in [5.41, 5.74) is 0.225. The van der Waals surface area contributed by atoms with Gasteiger partial charge in [0, 0.05) is 43.7 Å². The number of ether oxygens (including phenoxy) is 1. The number of likely N-dealkylation sites (tertiary alicyclic amines) is 1. The summed E-state index contributed by atoms with van der Waals surface area (Å²) in [7, 11) is 0. The first-order chi connectivity index (χ1) is 10.7. The molecule has 0 aromatic rings. The predicted molar refractivity (Wildman–Crippen MR) is 82.5 cm³/mol. The van der Waals surface area contributed by atoms with Crippen molar-refractivity contribution in [2.24, 2.45) is 17.3 Å². The molecule has 4 rings (SSSR count). The summed E-state index contributed by atoms with van der Waals surface area (Å²) in [6, 6.07) is 0.393. The second kappa shape index (κ2) is 5.68. The number of amides is 2. The van der Waals surface area contributed by atoms with Gasteiger partial charge in [0.25, 0.3) is 0 Å². The molecule has 2 aliphatic heterocycles. The number of aliphatic hydroxyl groups excluding tert-OH is 1. The number of fused-ring (bicyclic) bond motifs is 2. The van der Waals surface area contributed by atoms with Gasteiger partial charge in [0.1, 0.15) is 0 Å². The molecular weight excluding hydrogens is 280 g/mol. The van der Waals surface area contributed by atoms with E-state index >= 15 is 0 Å². The SMILES string of the molecule is O=C(NC1C2CCOC2C12CCCC2)N1CCCC(CO)C1. The van der Waals surface area contributed by atoms with Crippen molar-refractivity contribution >= 4 is 6.03 Å². The first-order valence-electron chi connectivity index (χ1n) is 9.02. The van der Waals surface area contributed by atoms with Crippen molar-refractivity contribution < 1.29 is 14.6 Å². The molecule has 22 heavy (non-hydrogen) atoms. The molecule has 4 unspecified atom stereocenters. The van der Waals surface area contributed by atoms with Gasteiger partial charge < -0.3 is 20.1 Å². The molecule has 2 amide bonds. The van der Waals surface area contributed by atoms with Crippen LogP contribution in [0.3, 0.4) is 0 Å². The summed E-state index contributed by atoms with van der Waals surface area (Å²) in [6.07, 6.45) is 8.49. The van der Waals surface area contributed by atoms with E-state index in [0.29, 0.717) is 24.6 Å². The smallest absolute Gasteiger partial charge is 0.317 e. The molecule has 5 heteroatoms. The lowest BCUT2D eigenvalue weighted by atomic mass is 9.54. The van der Waals surface area contributed by atoms with E-state index in [1.54, 1.807) is 0 Å². The monoisotopic (exact) mass is 308 g/mol. The molecule has 2 saturated carbocycles. The molecule has 0 aromatic heterocycles. The second-order valence-corrected chi connectivity index (χ2v) is 7.75. The number of carbonyl (C=O) groups is 1. The molecule has 0 bridgehead atoms. The van der Waals surface area contributed by atoms with E-state index in [4.69, 9.17) is 4.74 Å². The Labute approximate surface area is 132 Å². The second-order valence-electron chi connectivity index (χ2n) is 7.75. The summed E-state index contributed by atoms with van der Waals surface area (Å²) in [5.74, 6) is 0.782. The molecule has 2 N–H and O–H groups in total. The van der Waals surface area contributed by atoms with Crippen LogP contribution in [0.4, 0.5) is 4.79 Å². The minimum absolute atomic E-state index is 0.0831. The Hall–Kier alpha value is -0.810. The molecule has 1 spiro atoms. The van der Waals surface area contributed by atoms with Gasteiger partial charge >= 0.3 is 6.03 Å². The fourth-order valence-corrected chi connectivity index (χ4v) is 5.53. The summed E-state index contributed by atoms with van der Waals surface area (Å²) in [6.45, 7) is 2.58. The van der Waals surface area contributed by atoms with E-state index in [9.17, 15) is 9.90 Å². The third kappa shape index (κ3) is 2.16. The largest absolute Gasteiger partial charge is 0.396 e. The van der Waals surface area contributed by atoms with Crippen molar-refractivity contribution in [2.75, 3.05) is 26.3 Å². The van der Waals surface area contributed by atoms with Crippen LogP contribution in [0, 0.1) is 17.3 Å². The highest BCUT2D eigenvalue weighted by Crippen LogP contribution is 2.60. The maximum absolute atomic E-state index is 12.7. The van der Waals surface area contributed by atoms with Gasteiger partial charge in [0.05, 0.1) is 6.10 Å². The zero-order valence-electron chi connectivity index (χ0n) is 13.3. The zero-order chi connectivity index (χ0) is 15.2. The summed E-state index contributed by atoms with van der Waals surface area (Å²) < 4.78 is 5.98. The average Bonchev–Trinajstić information content (AvgIpc) is 3.20.